The zero-order chi connectivity index (χ0) is 17.8. The van der Waals surface area contributed by atoms with Gasteiger partial charge in [-0.1, -0.05) is 43.0 Å². The van der Waals surface area contributed by atoms with Crippen LogP contribution in [0.4, 0.5) is 5.69 Å². The van der Waals surface area contributed by atoms with Gasteiger partial charge < -0.3 is 10.5 Å². The zero-order valence-electron chi connectivity index (χ0n) is 14.3. The molecule has 0 spiro atoms. The van der Waals surface area contributed by atoms with E-state index in [2.05, 4.69) is 4.98 Å². The fourth-order valence-electron chi connectivity index (χ4n) is 2.69. The number of hydrogen-bond donors (Lipinski definition) is 1. The van der Waals surface area contributed by atoms with Gasteiger partial charge in [0.25, 0.3) is 0 Å². The number of carbonyl (C=O) groups is 1. The Morgan fingerprint density at radius 1 is 1.20 bits per heavy atom. The molecule has 2 N–H and O–H groups in total. The lowest BCUT2D eigenvalue weighted by molar-refractivity contribution is 0.0979. The molecule has 0 saturated heterocycles. The van der Waals surface area contributed by atoms with Crippen molar-refractivity contribution in [1.82, 2.24) is 4.98 Å². The number of methoxy groups -OCH3 is 1. The van der Waals surface area contributed by atoms with Gasteiger partial charge in [-0.25, -0.2) is 0 Å². The first kappa shape index (κ1) is 17.3. The van der Waals surface area contributed by atoms with Gasteiger partial charge in [0, 0.05) is 33.5 Å². The summed E-state index contributed by atoms with van der Waals surface area (Å²) in [5.74, 6) is 0.784. The number of ether oxygens (including phenoxy) is 1. The number of anilines is 1. The number of nitrogens with two attached hydrogens (primary N) is 1. The van der Waals surface area contributed by atoms with Crippen molar-refractivity contribution < 1.29 is 9.53 Å². The van der Waals surface area contributed by atoms with Crippen LogP contribution in [-0.2, 0) is 0 Å². The molecule has 5 heteroatoms. The minimum absolute atomic E-state index is 0.0942. The molecule has 128 valence electrons. The van der Waals surface area contributed by atoms with Crippen LogP contribution in [0.15, 0.2) is 58.5 Å². The third-order valence-electron chi connectivity index (χ3n) is 3.94. The first-order valence-electron chi connectivity index (χ1n) is 8.17. The van der Waals surface area contributed by atoms with E-state index in [4.69, 9.17) is 10.5 Å². The van der Waals surface area contributed by atoms with Crippen LogP contribution in [0.25, 0.3) is 10.9 Å². The van der Waals surface area contributed by atoms with Gasteiger partial charge in [0.2, 0.25) is 0 Å². The Labute approximate surface area is 151 Å². The number of fused-ring (bicyclic) bond motifs is 1. The molecule has 0 radical (unpaired) electrons. The van der Waals surface area contributed by atoms with Crippen molar-refractivity contribution in [2.45, 2.75) is 29.6 Å². The number of hydrogen-bond acceptors (Lipinski definition) is 5. The highest BCUT2D eigenvalue weighted by Crippen LogP contribution is 2.40. The van der Waals surface area contributed by atoms with Crippen molar-refractivity contribution >= 4 is 34.1 Å². The quantitative estimate of drug-likeness (QED) is 0.502. The molecule has 1 heterocycles. The lowest BCUT2D eigenvalue weighted by atomic mass is 10.1. The van der Waals surface area contributed by atoms with E-state index < -0.39 is 0 Å². The lowest BCUT2D eigenvalue weighted by Crippen LogP contribution is -2.03. The van der Waals surface area contributed by atoms with E-state index in [-0.39, 0.29) is 5.78 Å². The predicted molar refractivity (Wildman–Crippen MR) is 103 cm³/mol. The molecule has 0 unspecified atom stereocenters. The van der Waals surface area contributed by atoms with E-state index >= 15 is 0 Å². The van der Waals surface area contributed by atoms with Crippen LogP contribution >= 0.6 is 11.8 Å². The Morgan fingerprint density at radius 3 is 2.72 bits per heavy atom. The highest BCUT2D eigenvalue weighted by atomic mass is 32.2. The molecule has 1 aromatic heterocycles. The standard InChI is InChI=1S/C20H20N2O2S/c1-3-7-16(23)14-12-22-19-13(8-6-10-17(19)24-2)20(14)25-18-11-5-4-9-15(18)21/h4-6,8-12H,3,7,21H2,1-2H3. The molecule has 0 aliphatic heterocycles. The van der Waals surface area contributed by atoms with Gasteiger partial charge in [-0.05, 0) is 24.6 Å². The number of nitrogens with zero attached hydrogens (tertiary/aromatic N) is 1. The molecular weight excluding hydrogens is 332 g/mol. The highest BCUT2D eigenvalue weighted by Gasteiger charge is 2.18. The van der Waals surface area contributed by atoms with E-state index in [9.17, 15) is 4.79 Å². The maximum Gasteiger partial charge on any atom is 0.165 e. The number of nitrogen functional groups attached to an aromatic ring is 1. The first-order chi connectivity index (χ1) is 12.2. The van der Waals surface area contributed by atoms with E-state index in [1.165, 1.54) is 11.8 Å². The van der Waals surface area contributed by atoms with E-state index in [0.29, 0.717) is 23.4 Å². The molecule has 4 nitrogen and oxygen atoms in total. The van der Waals surface area contributed by atoms with Crippen molar-refractivity contribution in [1.29, 1.82) is 0 Å². The van der Waals surface area contributed by atoms with Crippen molar-refractivity contribution in [3.8, 4) is 5.75 Å². The van der Waals surface area contributed by atoms with Crippen LogP contribution in [-0.4, -0.2) is 17.9 Å². The Morgan fingerprint density at radius 2 is 2.00 bits per heavy atom. The third kappa shape index (κ3) is 3.46. The maximum atomic E-state index is 12.6. The second-order valence-electron chi connectivity index (χ2n) is 5.67. The first-order valence-corrected chi connectivity index (χ1v) is 8.98. The molecule has 0 aliphatic rings. The van der Waals surface area contributed by atoms with Crippen molar-refractivity contribution in [2.75, 3.05) is 12.8 Å². The lowest BCUT2D eigenvalue weighted by Gasteiger charge is -2.14. The van der Waals surface area contributed by atoms with Gasteiger partial charge in [-0.2, -0.15) is 0 Å². The monoisotopic (exact) mass is 352 g/mol. The molecule has 3 aromatic rings. The SMILES string of the molecule is CCCC(=O)c1cnc2c(OC)cccc2c1Sc1ccccc1N. The van der Waals surface area contributed by atoms with Crippen LogP contribution in [0.1, 0.15) is 30.1 Å². The van der Waals surface area contributed by atoms with Gasteiger partial charge in [0.15, 0.2) is 5.78 Å². The minimum atomic E-state index is 0.0942. The highest BCUT2D eigenvalue weighted by molar-refractivity contribution is 7.99. The van der Waals surface area contributed by atoms with Gasteiger partial charge in [-0.15, -0.1) is 0 Å². The van der Waals surface area contributed by atoms with Crippen LogP contribution < -0.4 is 10.5 Å². The summed E-state index contributed by atoms with van der Waals surface area (Å²) in [6, 6.07) is 13.4. The number of aromatic nitrogens is 1. The Kier molecular flexibility index (Phi) is 5.24. The molecular formula is C20H20N2O2S. The largest absolute Gasteiger partial charge is 0.494 e. The van der Waals surface area contributed by atoms with Gasteiger partial charge in [0.05, 0.1) is 12.7 Å². The predicted octanol–water partition coefficient (Wildman–Crippen LogP) is 4.96. The number of benzene rings is 2. The molecule has 0 amide bonds. The second kappa shape index (κ2) is 7.57. The van der Waals surface area contributed by atoms with Crippen molar-refractivity contribution in [3.05, 3.63) is 54.2 Å². The van der Waals surface area contributed by atoms with Crippen LogP contribution in [0, 0.1) is 0 Å². The molecule has 0 bridgehead atoms. The Hall–Kier alpha value is -2.53. The fraction of sp³-hybridized carbons (Fsp3) is 0.200. The summed E-state index contributed by atoms with van der Waals surface area (Å²) in [5, 5.41) is 0.898. The van der Waals surface area contributed by atoms with E-state index in [0.717, 1.165) is 27.1 Å². The Balaban J connectivity index is 2.22. The molecule has 25 heavy (non-hydrogen) atoms. The fourth-order valence-corrected chi connectivity index (χ4v) is 3.79. The van der Waals surface area contributed by atoms with E-state index in [1.54, 1.807) is 13.3 Å². The molecule has 0 fully saturated rings. The van der Waals surface area contributed by atoms with Gasteiger partial charge >= 0.3 is 0 Å². The maximum absolute atomic E-state index is 12.6. The zero-order valence-corrected chi connectivity index (χ0v) is 15.1. The summed E-state index contributed by atoms with van der Waals surface area (Å²) in [4.78, 5) is 18.9. The van der Waals surface area contributed by atoms with Crippen LogP contribution in [0.3, 0.4) is 0 Å². The number of pyridine rings is 1. The van der Waals surface area contributed by atoms with Gasteiger partial charge in [0.1, 0.15) is 11.3 Å². The van der Waals surface area contributed by atoms with Gasteiger partial charge in [-0.3, -0.25) is 9.78 Å². The van der Waals surface area contributed by atoms with Crippen molar-refractivity contribution in [2.24, 2.45) is 0 Å². The average molecular weight is 352 g/mol. The summed E-state index contributed by atoms with van der Waals surface area (Å²) in [7, 11) is 1.62. The third-order valence-corrected chi connectivity index (χ3v) is 5.18. The summed E-state index contributed by atoms with van der Waals surface area (Å²) in [5.41, 5.74) is 8.18. The average Bonchev–Trinajstić information content (AvgIpc) is 2.63. The molecule has 0 atom stereocenters. The number of rotatable bonds is 6. The smallest absolute Gasteiger partial charge is 0.165 e. The number of Topliss-reactive ketones (excluding diaryl/α,β-unsaturated/α-hetero) is 1. The number of carbonyl (C=O) groups excluding carboxylic acids is 1. The molecule has 3 rings (SSSR count). The normalized spacial score (nSPS) is 10.8. The molecule has 0 saturated carbocycles. The van der Waals surface area contributed by atoms with Crippen LogP contribution in [0.2, 0.25) is 0 Å². The van der Waals surface area contributed by atoms with Crippen molar-refractivity contribution in [3.63, 3.8) is 0 Å². The second-order valence-corrected chi connectivity index (χ2v) is 6.72. The number of ketones is 1. The molecule has 2 aromatic carbocycles. The summed E-state index contributed by atoms with van der Waals surface area (Å²) >= 11 is 1.50. The Bertz CT molecular complexity index is 925. The summed E-state index contributed by atoms with van der Waals surface area (Å²) in [6.07, 6.45) is 2.95. The van der Waals surface area contributed by atoms with E-state index in [1.807, 2.05) is 49.4 Å². The topological polar surface area (TPSA) is 65.2 Å². The molecule has 0 aliphatic carbocycles. The summed E-state index contributed by atoms with van der Waals surface area (Å²) in [6.45, 7) is 2.00. The van der Waals surface area contributed by atoms with Crippen LogP contribution in [0.5, 0.6) is 5.75 Å². The minimum Gasteiger partial charge on any atom is -0.494 e. The number of para-hydroxylation sites is 2. The summed E-state index contributed by atoms with van der Waals surface area (Å²) < 4.78 is 5.42.